The second-order valence-corrected chi connectivity index (χ2v) is 6.47. The van der Waals surface area contributed by atoms with Crippen LogP contribution in [0.4, 0.5) is 0 Å². The number of carbonyl (C=O) groups excluding carboxylic acids is 1. The number of fused-ring (bicyclic) bond motifs is 1. The number of carbonyl (C=O) groups is 1. The van der Waals surface area contributed by atoms with Crippen LogP contribution in [0.5, 0.6) is 11.5 Å². The SMILES string of the molecule is COc1ccc(/C=C2/C(=O)c3ccccc3[C@@H]2c2ccccc2)cc1OC. The van der Waals surface area contributed by atoms with Crippen LogP contribution in [-0.2, 0) is 0 Å². The third-order valence-corrected chi connectivity index (χ3v) is 4.95. The van der Waals surface area contributed by atoms with Crippen molar-refractivity contribution in [3.05, 3.63) is 101 Å². The number of methoxy groups -OCH3 is 2. The Kier molecular flexibility index (Phi) is 4.51. The van der Waals surface area contributed by atoms with Crippen molar-refractivity contribution in [3.8, 4) is 11.5 Å². The van der Waals surface area contributed by atoms with E-state index in [1.54, 1.807) is 14.2 Å². The van der Waals surface area contributed by atoms with E-state index >= 15 is 0 Å². The zero-order valence-corrected chi connectivity index (χ0v) is 15.3. The van der Waals surface area contributed by atoms with E-state index in [0.717, 1.165) is 27.8 Å². The van der Waals surface area contributed by atoms with Crippen LogP contribution >= 0.6 is 0 Å². The lowest BCUT2D eigenvalue weighted by atomic mass is 9.89. The van der Waals surface area contributed by atoms with Crippen molar-refractivity contribution < 1.29 is 14.3 Å². The molecule has 3 nitrogen and oxygen atoms in total. The lowest BCUT2D eigenvalue weighted by Gasteiger charge is -2.14. The standard InChI is InChI=1S/C24H20O3/c1-26-21-13-12-16(15-22(21)27-2)14-20-23(17-8-4-3-5-9-17)18-10-6-7-11-19(18)24(20)25/h3-15,23H,1-2H3/b20-14+/t23-/m0/s1. The summed E-state index contributed by atoms with van der Waals surface area (Å²) < 4.78 is 10.7. The van der Waals surface area contributed by atoms with Crippen molar-refractivity contribution in [2.24, 2.45) is 0 Å². The minimum atomic E-state index is -0.0667. The van der Waals surface area contributed by atoms with E-state index in [1.165, 1.54) is 0 Å². The second kappa shape index (κ2) is 7.12. The number of allylic oxidation sites excluding steroid dienone is 1. The molecule has 27 heavy (non-hydrogen) atoms. The van der Waals surface area contributed by atoms with Crippen molar-refractivity contribution in [1.82, 2.24) is 0 Å². The number of rotatable bonds is 4. The van der Waals surface area contributed by atoms with E-state index in [9.17, 15) is 4.79 Å². The molecule has 0 saturated carbocycles. The molecule has 134 valence electrons. The molecule has 0 aromatic heterocycles. The first-order valence-electron chi connectivity index (χ1n) is 8.85. The van der Waals surface area contributed by atoms with Crippen molar-refractivity contribution in [3.63, 3.8) is 0 Å². The van der Waals surface area contributed by atoms with E-state index in [4.69, 9.17) is 9.47 Å². The number of ether oxygens (including phenoxy) is 2. The maximum Gasteiger partial charge on any atom is 0.190 e. The Morgan fingerprint density at radius 3 is 2.26 bits per heavy atom. The molecule has 0 spiro atoms. The maximum atomic E-state index is 13.1. The van der Waals surface area contributed by atoms with Gasteiger partial charge in [-0.2, -0.15) is 0 Å². The Morgan fingerprint density at radius 2 is 1.52 bits per heavy atom. The Bertz CT molecular complexity index is 1020. The first-order chi connectivity index (χ1) is 13.2. The fourth-order valence-electron chi connectivity index (χ4n) is 3.69. The van der Waals surface area contributed by atoms with Crippen molar-refractivity contribution >= 4 is 11.9 Å². The van der Waals surface area contributed by atoms with Gasteiger partial charge in [0.2, 0.25) is 0 Å². The Balaban J connectivity index is 1.86. The number of benzene rings is 3. The summed E-state index contributed by atoms with van der Waals surface area (Å²) in [6.07, 6.45) is 1.96. The highest BCUT2D eigenvalue weighted by molar-refractivity contribution is 6.17. The molecule has 3 heteroatoms. The number of hydrogen-bond acceptors (Lipinski definition) is 3. The highest BCUT2D eigenvalue weighted by Gasteiger charge is 2.35. The summed E-state index contributed by atoms with van der Waals surface area (Å²) in [5.74, 6) is 1.32. The first kappa shape index (κ1) is 17.1. The third-order valence-electron chi connectivity index (χ3n) is 4.95. The van der Waals surface area contributed by atoms with Crippen LogP contribution in [0.3, 0.4) is 0 Å². The zero-order chi connectivity index (χ0) is 18.8. The van der Waals surface area contributed by atoms with Gasteiger partial charge in [0.15, 0.2) is 17.3 Å². The predicted molar refractivity (Wildman–Crippen MR) is 107 cm³/mol. The molecule has 0 heterocycles. The van der Waals surface area contributed by atoms with Gasteiger partial charge in [-0.15, -0.1) is 0 Å². The van der Waals surface area contributed by atoms with E-state index in [2.05, 4.69) is 12.1 Å². The molecular formula is C24H20O3. The molecule has 4 rings (SSSR count). The average molecular weight is 356 g/mol. The van der Waals surface area contributed by atoms with Gasteiger partial charge in [0.05, 0.1) is 14.2 Å². The van der Waals surface area contributed by atoms with Crippen LogP contribution in [-0.4, -0.2) is 20.0 Å². The quantitative estimate of drug-likeness (QED) is 0.609. The topological polar surface area (TPSA) is 35.5 Å². The molecule has 1 atom stereocenters. The minimum absolute atomic E-state index is 0.0667. The summed E-state index contributed by atoms with van der Waals surface area (Å²) in [4.78, 5) is 13.1. The summed E-state index contributed by atoms with van der Waals surface area (Å²) in [5, 5.41) is 0. The highest BCUT2D eigenvalue weighted by Crippen LogP contribution is 2.43. The molecule has 0 amide bonds. The van der Waals surface area contributed by atoms with Gasteiger partial charge in [-0.3, -0.25) is 4.79 Å². The molecule has 0 bridgehead atoms. The second-order valence-electron chi connectivity index (χ2n) is 6.47. The zero-order valence-electron chi connectivity index (χ0n) is 15.3. The van der Waals surface area contributed by atoms with Crippen LogP contribution in [0.1, 0.15) is 33.0 Å². The van der Waals surface area contributed by atoms with Gasteiger partial charge in [0, 0.05) is 17.1 Å². The summed E-state index contributed by atoms with van der Waals surface area (Å²) in [6.45, 7) is 0. The molecular weight excluding hydrogens is 336 g/mol. The normalized spacial score (nSPS) is 17.0. The van der Waals surface area contributed by atoms with Gasteiger partial charge in [0.25, 0.3) is 0 Å². The minimum Gasteiger partial charge on any atom is -0.493 e. The smallest absolute Gasteiger partial charge is 0.190 e. The molecule has 0 fully saturated rings. The van der Waals surface area contributed by atoms with Gasteiger partial charge < -0.3 is 9.47 Å². The van der Waals surface area contributed by atoms with Gasteiger partial charge in [-0.1, -0.05) is 60.7 Å². The lowest BCUT2D eigenvalue weighted by molar-refractivity contribution is 0.103. The maximum absolute atomic E-state index is 13.1. The molecule has 0 saturated heterocycles. The van der Waals surface area contributed by atoms with Crippen LogP contribution in [0.2, 0.25) is 0 Å². The predicted octanol–water partition coefficient (Wildman–Crippen LogP) is 5.12. The Morgan fingerprint density at radius 1 is 0.815 bits per heavy atom. The van der Waals surface area contributed by atoms with Crippen LogP contribution in [0.15, 0.2) is 78.4 Å². The number of Topliss-reactive ketones (excluding diaryl/α,β-unsaturated/α-hetero) is 1. The molecule has 0 aliphatic heterocycles. The molecule has 1 aliphatic carbocycles. The van der Waals surface area contributed by atoms with E-state index in [-0.39, 0.29) is 11.7 Å². The van der Waals surface area contributed by atoms with E-state index in [0.29, 0.717) is 11.5 Å². The number of hydrogen-bond donors (Lipinski definition) is 0. The fraction of sp³-hybridized carbons (Fsp3) is 0.125. The van der Waals surface area contributed by atoms with Crippen LogP contribution in [0.25, 0.3) is 6.08 Å². The summed E-state index contributed by atoms with van der Waals surface area (Å²) >= 11 is 0. The van der Waals surface area contributed by atoms with Gasteiger partial charge >= 0.3 is 0 Å². The molecule has 0 unspecified atom stereocenters. The van der Waals surface area contributed by atoms with Crippen molar-refractivity contribution in [2.45, 2.75) is 5.92 Å². The van der Waals surface area contributed by atoms with Crippen molar-refractivity contribution in [2.75, 3.05) is 14.2 Å². The average Bonchev–Trinajstić information content (AvgIpc) is 3.00. The molecule has 0 radical (unpaired) electrons. The Hall–Kier alpha value is -3.33. The van der Waals surface area contributed by atoms with Crippen LogP contribution < -0.4 is 9.47 Å². The van der Waals surface area contributed by atoms with Gasteiger partial charge in [-0.05, 0) is 34.9 Å². The first-order valence-corrected chi connectivity index (χ1v) is 8.85. The monoisotopic (exact) mass is 356 g/mol. The highest BCUT2D eigenvalue weighted by atomic mass is 16.5. The van der Waals surface area contributed by atoms with E-state index < -0.39 is 0 Å². The van der Waals surface area contributed by atoms with Crippen molar-refractivity contribution in [1.29, 1.82) is 0 Å². The molecule has 1 aliphatic rings. The third kappa shape index (κ3) is 3.02. The summed E-state index contributed by atoms with van der Waals surface area (Å²) in [6, 6.07) is 23.7. The summed E-state index contributed by atoms with van der Waals surface area (Å²) in [7, 11) is 3.22. The lowest BCUT2D eigenvalue weighted by Crippen LogP contribution is -2.02. The van der Waals surface area contributed by atoms with Crippen LogP contribution in [0, 0.1) is 0 Å². The van der Waals surface area contributed by atoms with E-state index in [1.807, 2.05) is 66.7 Å². The van der Waals surface area contributed by atoms with Gasteiger partial charge in [-0.25, -0.2) is 0 Å². The van der Waals surface area contributed by atoms with Gasteiger partial charge in [0.1, 0.15) is 0 Å². The molecule has 0 N–H and O–H groups in total. The number of ketones is 1. The largest absolute Gasteiger partial charge is 0.493 e. The Labute approximate surface area is 158 Å². The summed E-state index contributed by atoms with van der Waals surface area (Å²) in [5.41, 5.74) is 4.63. The molecule has 3 aromatic rings. The molecule has 3 aromatic carbocycles. The fourth-order valence-corrected chi connectivity index (χ4v) is 3.69.